The minimum atomic E-state index is 0.838. The van der Waals surface area contributed by atoms with E-state index in [1.54, 1.807) is 0 Å². The zero-order valence-corrected chi connectivity index (χ0v) is 9.85. The van der Waals surface area contributed by atoms with Crippen molar-refractivity contribution in [3.05, 3.63) is 42.2 Å². The van der Waals surface area contributed by atoms with Crippen LogP contribution in [-0.4, -0.2) is 21.2 Å². The van der Waals surface area contributed by atoms with Crippen LogP contribution in [0.15, 0.2) is 30.9 Å². The summed E-state index contributed by atoms with van der Waals surface area (Å²) in [6.07, 6.45) is 8.14. The maximum Gasteiger partial charge on any atom is 0.128 e. The topological polar surface area (TPSA) is 34.8 Å². The van der Waals surface area contributed by atoms with Gasteiger partial charge in [-0.3, -0.25) is 0 Å². The van der Waals surface area contributed by atoms with E-state index in [-0.39, 0.29) is 0 Å². The molecule has 0 unspecified atom stereocenters. The Balaban J connectivity index is 2.08. The average Bonchev–Trinajstić information content (AvgIpc) is 2.89. The van der Waals surface area contributed by atoms with Crippen molar-refractivity contribution in [3.63, 3.8) is 0 Å². The van der Waals surface area contributed by atoms with Crippen LogP contribution in [0.25, 0.3) is 0 Å². The number of nitrogens with one attached hydrogen (secondary N) is 1. The smallest absolute Gasteiger partial charge is 0.128 e. The molecule has 4 heteroatoms. The van der Waals surface area contributed by atoms with Crippen molar-refractivity contribution in [1.29, 1.82) is 0 Å². The first-order chi connectivity index (χ1) is 7.83. The zero-order chi connectivity index (χ0) is 11.4. The molecule has 0 aromatic carbocycles. The highest BCUT2D eigenvalue weighted by Crippen LogP contribution is 2.05. The highest BCUT2D eigenvalue weighted by Gasteiger charge is 2.02. The molecule has 1 N–H and O–H groups in total. The van der Waals surface area contributed by atoms with Gasteiger partial charge in [-0.05, 0) is 25.6 Å². The molecule has 2 aromatic rings. The first kappa shape index (κ1) is 11.0. The monoisotopic (exact) mass is 218 g/mol. The molecule has 4 nitrogen and oxygen atoms in total. The second kappa shape index (κ2) is 4.99. The lowest BCUT2D eigenvalue weighted by Gasteiger charge is -2.05. The van der Waals surface area contributed by atoms with Crippen molar-refractivity contribution < 1.29 is 0 Å². The van der Waals surface area contributed by atoms with E-state index >= 15 is 0 Å². The molecule has 0 bridgehead atoms. The van der Waals surface area contributed by atoms with Crippen LogP contribution in [0.2, 0.25) is 0 Å². The number of nitrogens with zero attached hydrogens (tertiary/aromatic N) is 3. The van der Waals surface area contributed by atoms with Gasteiger partial charge < -0.3 is 14.5 Å². The standard InChI is InChI=1S/C12H18N4/c1-3-16-7-5-14-12(16)10-15-6-4-11(9-15)8-13-2/h4-7,9,13H,3,8,10H2,1-2H3. The first-order valence-electron chi connectivity index (χ1n) is 5.62. The molecule has 0 aliphatic heterocycles. The van der Waals surface area contributed by atoms with E-state index in [4.69, 9.17) is 0 Å². The SMILES string of the molecule is CCn1ccnc1Cn1ccc(CNC)c1. The van der Waals surface area contributed by atoms with Crippen LogP contribution < -0.4 is 5.32 Å². The fraction of sp³-hybridized carbons (Fsp3) is 0.417. The Hall–Kier alpha value is -1.55. The molecule has 86 valence electrons. The van der Waals surface area contributed by atoms with Gasteiger partial charge in [0.05, 0.1) is 6.54 Å². The molecule has 0 atom stereocenters. The molecule has 0 aliphatic carbocycles. The van der Waals surface area contributed by atoms with Crippen LogP contribution in [0.1, 0.15) is 18.3 Å². The molecular weight excluding hydrogens is 200 g/mol. The lowest BCUT2D eigenvalue weighted by molar-refractivity contribution is 0.651. The molecule has 0 saturated heterocycles. The summed E-state index contributed by atoms with van der Waals surface area (Å²) in [4.78, 5) is 4.36. The van der Waals surface area contributed by atoms with Gasteiger partial charge in [0.25, 0.3) is 0 Å². The van der Waals surface area contributed by atoms with E-state index in [2.05, 4.69) is 44.8 Å². The summed E-state index contributed by atoms with van der Waals surface area (Å²) in [5.41, 5.74) is 1.30. The maximum atomic E-state index is 4.36. The third kappa shape index (κ3) is 2.33. The summed E-state index contributed by atoms with van der Waals surface area (Å²) in [6, 6.07) is 2.13. The minimum absolute atomic E-state index is 0.838. The summed E-state index contributed by atoms with van der Waals surface area (Å²) < 4.78 is 4.33. The van der Waals surface area contributed by atoms with E-state index in [9.17, 15) is 0 Å². The lowest BCUT2D eigenvalue weighted by atomic mass is 10.3. The summed E-state index contributed by atoms with van der Waals surface area (Å²) in [5.74, 6) is 1.11. The lowest BCUT2D eigenvalue weighted by Crippen LogP contribution is -2.07. The van der Waals surface area contributed by atoms with Crippen LogP contribution >= 0.6 is 0 Å². The molecular formula is C12H18N4. The Kier molecular flexibility index (Phi) is 3.41. The predicted octanol–water partition coefficient (Wildman–Crippen LogP) is 1.47. The third-order valence-electron chi connectivity index (χ3n) is 2.66. The highest BCUT2D eigenvalue weighted by atomic mass is 15.1. The molecule has 0 amide bonds. The molecule has 2 rings (SSSR count). The van der Waals surface area contributed by atoms with Crippen LogP contribution in [-0.2, 0) is 19.6 Å². The van der Waals surface area contributed by atoms with Gasteiger partial charge in [0.15, 0.2) is 0 Å². The van der Waals surface area contributed by atoms with Crippen LogP contribution in [0, 0.1) is 0 Å². The van der Waals surface area contributed by atoms with Gasteiger partial charge in [0, 0.05) is 37.9 Å². The van der Waals surface area contributed by atoms with Crippen molar-refractivity contribution in [2.24, 2.45) is 0 Å². The van der Waals surface area contributed by atoms with Gasteiger partial charge in [0.1, 0.15) is 5.82 Å². The summed E-state index contributed by atoms with van der Waals surface area (Å²) in [6.45, 7) is 4.85. The van der Waals surface area contributed by atoms with Crippen LogP contribution in [0.3, 0.4) is 0 Å². The molecule has 0 aliphatic rings. The van der Waals surface area contributed by atoms with E-state index in [1.165, 1.54) is 5.56 Å². The van der Waals surface area contributed by atoms with E-state index in [0.29, 0.717) is 0 Å². The average molecular weight is 218 g/mol. The zero-order valence-electron chi connectivity index (χ0n) is 9.85. The Morgan fingerprint density at radius 3 is 3.00 bits per heavy atom. The van der Waals surface area contributed by atoms with Gasteiger partial charge in [-0.1, -0.05) is 0 Å². The van der Waals surface area contributed by atoms with E-state index in [1.807, 2.05) is 19.4 Å². The van der Waals surface area contributed by atoms with Crippen molar-refractivity contribution >= 4 is 0 Å². The maximum absolute atomic E-state index is 4.36. The minimum Gasteiger partial charge on any atom is -0.346 e. The number of imidazole rings is 1. The second-order valence-corrected chi connectivity index (χ2v) is 3.85. The van der Waals surface area contributed by atoms with Gasteiger partial charge in [-0.15, -0.1) is 0 Å². The Labute approximate surface area is 95.9 Å². The normalized spacial score (nSPS) is 10.9. The van der Waals surface area contributed by atoms with Crippen LogP contribution in [0.4, 0.5) is 0 Å². The number of hydrogen-bond acceptors (Lipinski definition) is 2. The molecule has 16 heavy (non-hydrogen) atoms. The number of aryl methyl sites for hydroxylation is 1. The van der Waals surface area contributed by atoms with Crippen LogP contribution in [0.5, 0.6) is 0 Å². The quantitative estimate of drug-likeness (QED) is 0.824. The van der Waals surface area contributed by atoms with Gasteiger partial charge in [-0.25, -0.2) is 4.98 Å². The Morgan fingerprint density at radius 1 is 1.38 bits per heavy atom. The molecule has 0 radical (unpaired) electrons. The number of aromatic nitrogens is 3. The molecule has 0 spiro atoms. The van der Waals surface area contributed by atoms with E-state index in [0.717, 1.165) is 25.5 Å². The predicted molar refractivity (Wildman–Crippen MR) is 64.2 cm³/mol. The largest absolute Gasteiger partial charge is 0.346 e. The van der Waals surface area contributed by atoms with Gasteiger partial charge in [0.2, 0.25) is 0 Å². The number of hydrogen-bond donors (Lipinski definition) is 1. The van der Waals surface area contributed by atoms with Crippen molar-refractivity contribution in [2.75, 3.05) is 7.05 Å². The van der Waals surface area contributed by atoms with Gasteiger partial charge in [-0.2, -0.15) is 0 Å². The summed E-state index contributed by atoms with van der Waals surface area (Å²) >= 11 is 0. The fourth-order valence-electron chi connectivity index (χ4n) is 1.84. The van der Waals surface area contributed by atoms with Gasteiger partial charge >= 0.3 is 0 Å². The van der Waals surface area contributed by atoms with Crippen molar-refractivity contribution in [1.82, 2.24) is 19.4 Å². The third-order valence-corrected chi connectivity index (χ3v) is 2.66. The fourth-order valence-corrected chi connectivity index (χ4v) is 1.84. The molecule has 2 aromatic heterocycles. The second-order valence-electron chi connectivity index (χ2n) is 3.85. The highest BCUT2D eigenvalue weighted by molar-refractivity contribution is 5.11. The van der Waals surface area contributed by atoms with Crippen molar-refractivity contribution in [2.45, 2.75) is 26.6 Å². The summed E-state index contributed by atoms with van der Waals surface area (Å²) in [7, 11) is 1.96. The first-order valence-corrected chi connectivity index (χ1v) is 5.62. The van der Waals surface area contributed by atoms with Crippen molar-refractivity contribution in [3.8, 4) is 0 Å². The molecule has 2 heterocycles. The number of rotatable bonds is 5. The molecule has 0 saturated carbocycles. The Morgan fingerprint density at radius 2 is 2.25 bits per heavy atom. The molecule has 0 fully saturated rings. The summed E-state index contributed by atoms with van der Waals surface area (Å²) in [5, 5.41) is 3.14. The van der Waals surface area contributed by atoms with E-state index < -0.39 is 0 Å². The Bertz CT molecular complexity index is 441.